The van der Waals surface area contributed by atoms with E-state index in [0.29, 0.717) is 17.0 Å². The zero-order valence-electron chi connectivity index (χ0n) is 13.2. The number of ether oxygens (including phenoxy) is 1. The summed E-state index contributed by atoms with van der Waals surface area (Å²) in [5, 5.41) is 3.59. The van der Waals surface area contributed by atoms with Crippen LogP contribution in [0.1, 0.15) is 10.4 Å². The van der Waals surface area contributed by atoms with Gasteiger partial charge in [0.2, 0.25) is 0 Å². The van der Waals surface area contributed by atoms with Gasteiger partial charge in [0, 0.05) is 23.8 Å². The second kappa shape index (κ2) is 7.13. The van der Waals surface area contributed by atoms with E-state index in [-0.39, 0.29) is 23.7 Å². The fourth-order valence-corrected chi connectivity index (χ4v) is 2.71. The van der Waals surface area contributed by atoms with E-state index in [1.807, 2.05) is 0 Å². The number of benzene rings is 2. The van der Waals surface area contributed by atoms with Crippen molar-refractivity contribution < 1.29 is 18.3 Å². The predicted molar refractivity (Wildman–Crippen MR) is 90.2 cm³/mol. The fourth-order valence-electron chi connectivity index (χ4n) is 2.55. The molecule has 0 atom stereocenters. The third-order valence-corrected chi connectivity index (χ3v) is 3.86. The maximum Gasteiger partial charge on any atom is 0.253 e. The second-order valence-corrected chi connectivity index (χ2v) is 5.62. The van der Waals surface area contributed by atoms with E-state index < -0.39 is 11.1 Å². The number of carbonyl (C=O) groups is 1. The third-order valence-electron chi connectivity index (χ3n) is 3.65. The van der Waals surface area contributed by atoms with Crippen LogP contribution in [0.5, 0.6) is 0 Å². The summed E-state index contributed by atoms with van der Waals surface area (Å²) in [5.74, 6) is -0.973. The lowest BCUT2D eigenvalue weighted by Gasteiger charge is -2.10. The summed E-state index contributed by atoms with van der Waals surface area (Å²) < 4.78 is 34.1. The van der Waals surface area contributed by atoms with Gasteiger partial charge >= 0.3 is 0 Å². The quantitative estimate of drug-likeness (QED) is 0.629. The minimum atomic E-state index is -0.775. The van der Waals surface area contributed by atoms with Crippen molar-refractivity contribution in [1.29, 1.82) is 0 Å². The zero-order valence-corrected chi connectivity index (χ0v) is 13.9. The standard InChI is InChI=1S/C18H13ClF2N2O2/c1-25-10-23-16(17-13(18(19)24)3-2-4-14(17)21)9-15(22-23)11-5-7-12(20)8-6-11/h2-9H,10H2,1H3. The van der Waals surface area contributed by atoms with Crippen molar-refractivity contribution >= 4 is 16.8 Å². The first-order valence-corrected chi connectivity index (χ1v) is 7.70. The molecule has 0 saturated heterocycles. The Morgan fingerprint density at radius 1 is 1.20 bits per heavy atom. The molecule has 4 nitrogen and oxygen atoms in total. The highest BCUT2D eigenvalue weighted by atomic mass is 35.5. The largest absolute Gasteiger partial charge is 0.362 e. The van der Waals surface area contributed by atoms with E-state index in [1.165, 1.54) is 42.1 Å². The zero-order chi connectivity index (χ0) is 18.0. The molecule has 3 rings (SSSR count). The Bertz CT molecular complexity index is 923. The van der Waals surface area contributed by atoms with Crippen molar-refractivity contribution in [3.05, 3.63) is 65.7 Å². The van der Waals surface area contributed by atoms with Crippen molar-refractivity contribution in [3.63, 3.8) is 0 Å². The summed E-state index contributed by atoms with van der Waals surface area (Å²) in [7, 11) is 1.47. The average molecular weight is 363 g/mol. The van der Waals surface area contributed by atoms with Crippen LogP contribution in [-0.2, 0) is 11.5 Å². The molecule has 128 valence electrons. The molecular weight excluding hydrogens is 350 g/mol. The number of hydrogen-bond donors (Lipinski definition) is 0. The van der Waals surface area contributed by atoms with E-state index in [0.717, 1.165) is 0 Å². The summed E-state index contributed by atoms with van der Waals surface area (Å²) in [6, 6.07) is 11.4. The van der Waals surface area contributed by atoms with E-state index in [9.17, 15) is 13.6 Å². The predicted octanol–water partition coefficient (Wildman–Crippen LogP) is 4.48. The van der Waals surface area contributed by atoms with Crippen LogP contribution in [0.2, 0.25) is 0 Å². The van der Waals surface area contributed by atoms with Gasteiger partial charge in [0.1, 0.15) is 18.4 Å². The van der Waals surface area contributed by atoms with E-state index in [4.69, 9.17) is 16.3 Å². The van der Waals surface area contributed by atoms with Crippen LogP contribution in [0.15, 0.2) is 48.5 Å². The molecule has 7 heteroatoms. The minimum absolute atomic E-state index is 0.0320. The highest BCUT2D eigenvalue weighted by Gasteiger charge is 2.20. The molecular formula is C18H13ClF2N2O2. The summed E-state index contributed by atoms with van der Waals surface area (Å²) in [5.41, 5.74) is 1.55. The van der Waals surface area contributed by atoms with Crippen molar-refractivity contribution in [2.45, 2.75) is 6.73 Å². The lowest BCUT2D eigenvalue weighted by Crippen LogP contribution is -2.07. The molecule has 0 unspecified atom stereocenters. The van der Waals surface area contributed by atoms with Gasteiger partial charge in [-0.25, -0.2) is 13.5 Å². The van der Waals surface area contributed by atoms with Gasteiger partial charge in [0.25, 0.3) is 5.24 Å². The van der Waals surface area contributed by atoms with Gasteiger partial charge < -0.3 is 4.74 Å². The summed E-state index contributed by atoms with van der Waals surface area (Å²) in [6.07, 6.45) is 0. The van der Waals surface area contributed by atoms with Crippen LogP contribution >= 0.6 is 11.6 Å². The molecule has 3 aromatic rings. The Hall–Kier alpha value is -2.57. The number of aromatic nitrogens is 2. The Labute approximate surface area is 147 Å². The van der Waals surface area contributed by atoms with E-state index in [2.05, 4.69) is 5.10 Å². The minimum Gasteiger partial charge on any atom is -0.362 e. The Kier molecular flexibility index (Phi) is 4.92. The average Bonchev–Trinajstić information content (AvgIpc) is 2.99. The number of carbonyl (C=O) groups excluding carboxylic acids is 1. The maximum absolute atomic E-state index is 14.4. The van der Waals surface area contributed by atoms with Gasteiger partial charge in [-0.05, 0) is 54.1 Å². The van der Waals surface area contributed by atoms with Gasteiger partial charge in [-0.15, -0.1) is 0 Å². The topological polar surface area (TPSA) is 44.1 Å². The lowest BCUT2D eigenvalue weighted by molar-refractivity contribution is 0.108. The molecule has 0 bridgehead atoms. The second-order valence-electron chi connectivity index (χ2n) is 5.28. The number of methoxy groups -OCH3 is 1. The summed E-state index contributed by atoms with van der Waals surface area (Å²) in [4.78, 5) is 11.7. The van der Waals surface area contributed by atoms with Crippen LogP contribution in [0, 0.1) is 11.6 Å². The molecule has 0 saturated carbocycles. The molecule has 0 radical (unpaired) electrons. The van der Waals surface area contributed by atoms with Crippen LogP contribution in [0.25, 0.3) is 22.5 Å². The number of halogens is 3. The Balaban J connectivity index is 2.20. The normalized spacial score (nSPS) is 10.9. The van der Waals surface area contributed by atoms with Gasteiger partial charge in [-0.3, -0.25) is 4.79 Å². The number of hydrogen-bond acceptors (Lipinski definition) is 3. The molecule has 0 spiro atoms. The summed E-state index contributed by atoms with van der Waals surface area (Å²) in [6.45, 7) is 0.0424. The molecule has 0 N–H and O–H groups in total. The monoisotopic (exact) mass is 362 g/mol. The maximum atomic E-state index is 14.4. The molecule has 0 fully saturated rings. The molecule has 2 aromatic carbocycles. The highest BCUT2D eigenvalue weighted by molar-refractivity contribution is 6.68. The van der Waals surface area contributed by atoms with Crippen molar-refractivity contribution in [2.75, 3.05) is 7.11 Å². The summed E-state index contributed by atoms with van der Waals surface area (Å²) >= 11 is 5.59. The van der Waals surface area contributed by atoms with E-state index >= 15 is 0 Å². The molecule has 25 heavy (non-hydrogen) atoms. The smallest absolute Gasteiger partial charge is 0.253 e. The lowest BCUT2D eigenvalue weighted by atomic mass is 10.0. The SMILES string of the molecule is COCn1nc(-c2ccc(F)cc2)cc1-c1c(F)cccc1C(=O)Cl. The first kappa shape index (κ1) is 17.3. The first-order valence-electron chi connectivity index (χ1n) is 7.32. The molecule has 0 aliphatic carbocycles. The first-order chi connectivity index (χ1) is 12.0. The van der Waals surface area contributed by atoms with Crippen LogP contribution < -0.4 is 0 Å². The van der Waals surface area contributed by atoms with Crippen LogP contribution in [0.4, 0.5) is 8.78 Å². The van der Waals surface area contributed by atoms with Crippen molar-refractivity contribution in [1.82, 2.24) is 9.78 Å². The van der Waals surface area contributed by atoms with Gasteiger partial charge in [0.15, 0.2) is 0 Å². The highest BCUT2D eigenvalue weighted by Crippen LogP contribution is 2.31. The van der Waals surface area contributed by atoms with Gasteiger partial charge in [-0.1, -0.05) is 6.07 Å². The molecule has 1 aromatic heterocycles. The number of rotatable bonds is 5. The number of nitrogens with zero attached hydrogens (tertiary/aromatic N) is 2. The Morgan fingerprint density at radius 2 is 1.92 bits per heavy atom. The molecule has 1 heterocycles. The molecule has 0 amide bonds. The molecule has 0 aliphatic rings. The van der Waals surface area contributed by atoms with Crippen molar-refractivity contribution in [3.8, 4) is 22.5 Å². The van der Waals surface area contributed by atoms with Crippen LogP contribution in [-0.4, -0.2) is 22.1 Å². The fraction of sp³-hybridized carbons (Fsp3) is 0.111. The van der Waals surface area contributed by atoms with Gasteiger partial charge in [0.05, 0.1) is 11.4 Å². The van der Waals surface area contributed by atoms with Crippen molar-refractivity contribution in [2.24, 2.45) is 0 Å². The Morgan fingerprint density at radius 3 is 2.56 bits per heavy atom. The third kappa shape index (κ3) is 3.45. The van der Waals surface area contributed by atoms with Crippen LogP contribution in [0.3, 0.4) is 0 Å². The van der Waals surface area contributed by atoms with Gasteiger partial charge in [-0.2, -0.15) is 5.10 Å². The van der Waals surface area contributed by atoms with E-state index in [1.54, 1.807) is 18.2 Å². The molecule has 0 aliphatic heterocycles.